The molecule has 4 rings (SSSR count). The summed E-state index contributed by atoms with van der Waals surface area (Å²) >= 11 is 0. The number of aromatic amines is 1. The van der Waals surface area contributed by atoms with Gasteiger partial charge in [0.1, 0.15) is 18.2 Å². The molecule has 1 aliphatic carbocycles. The summed E-state index contributed by atoms with van der Waals surface area (Å²) in [5.41, 5.74) is 8.40. The molecule has 2 aromatic heterocycles. The van der Waals surface area contributed by atoms with Gasteiger partial charge in [0.2, 0.25) is 5.91 Å². The van der Waals surface area contributed by atoms with Gasteiger partial charge in [0.25, 0.3) is 0 Å². The summed E-state index contributed by atoms with van der Waals surface area (Å²) in [6, 6.07) is 5.98. The zero-order valence-electron chi connectivity index (χ0n) is 14.3. The molecule has 7 nitrogen and oxygen atoms in total. The van der Waals surface area contributed by atoms with Crippen LogP contribution in [0.25, 0.3) is 11.4 Å². The molecule has 2 unspecified atom stereocenters. The first-order valence-electron chi connectivity index (χ1n) is 8.54. The van der Waals surface area contributed by atoms with Crippen LogP contribution in [0, 0.1) is 5.82 Å². The molecule has 2 heterocycles. The quantitative estimate of drug-likeness (QED) is 0.749. The van der Waals surface area contributed by atoms with Crippen LogP contribution in [0.2, 0.25) is 0 Å². The van der Waals surface area contributed by atoms with E-state index in [1.54, 1.807) is 16.8 Å². The van der Waals surface area contributed by atoms with Crippen molar-refractivity contribution in [2.75, 3.05) is 0 Å². The Hall–Kier alpha value is -3.03. The summed E-state index contributed by atoms with van der Waals surface area (Å²) in [4.78, 5) is 16.2. The van der Waals surface area contributed by atoms with Crippen LogP contribution < -0.4 is 5.73 Å². The van der Waals surface area contributed by atoms with Crippen molar-refractivity contribution in [2.45, 2.75) is 38.1 Å². The Kier molecular flexibility index (Phi) is 4.02. The van der Waals surface area contributed by atoms with Crippen molar-refractivity contribution in [2.24, 2.45) is 5.73 Å². The third-order valence-corrected chi connectivity index (χ3v) is 4.99. The molecular formula is C18H19FN6O. The third-order valence-electron chi connectivity index (χ3n) is 4.99. The maximum Gasteiger partial charge on any atom is 0.239 e. The molecule has 0 fully saturated rings. The van der Waals surface area contributed by atoms with E-state index < -0.39 is 5.91 Å². The minimum atomic E-state index is -0.478. The van der Waals surface area contributed by atoms with E-state index in [-0.39, 0.29) is 24.2 Å². The maximum absolute atomic E-state index is 13.2. The van der Waals surface area contributed by atoms with Gasteiger partial charge in [-0.15, -0.1) is 0 Å². The van der Waals surface area contributed by atoms with Gasteiger partial charge < -0.3 is 5.73 Å². The molecule has 0 saturated heterocycles. The summed E-state index contributed by atoms with van der Waals surface area (Å²) in [7, 11) is 0. The maximum atomic E-state index is 13.2. The number of halogens is 1. The van der Waals surface area contributed by atoms with Crippen molar-refractivity contribution < 1.29 is 9.18 Å². The molecule has 134 valence electrons. The molecule has 3 N–H and O–H groups in total. The molecule has 1 aromatic carbocycles. The largest absolute Gasteiger partial charge is 0.368 e. The SMILES string of the molecule is CC1c2cn[nH]c2CCC1c1nc(-c2ccc(F)cc2)nn1CC(N)=O. The molecule has 3 aromatic rings. The van der Waals surface area contributed by atoms with Crippen molar-refractivity contribution in [3.05, 3.63) is 53.4 Å². The van der Waals surface area contributed by atoms with Gasteiger partial charge in [-0.2, -0.15) is 10.2 Å². The molecule has 26 heavy (non-hydrogen) atoms. The lowest BCUT2D eigenvalue weighted by molar-refractivity contribution is -0.118. The molecular weight excluding hydrogens is 335 g/mol. The topological polar surface area (TPSA) is 102 Å². The lowest BCUT2D eigenvalue weighted by Crippen LogP contribution is -2.25. The van der Waals surface area contributed by atoms with Crippen LogP contribution in [-0.4, -0.2) is 30.9 Å². The number of hydrogen-bond donors (Lipinski definition) is 2. The minimum absolute atomic E-state index is 0.0367. The van der Waals surface area contributed by atoms with E-state index in [9.17, 15) is 9.18 Å². The van der Waals surface area contributed by atoms with E-state index in [0.29, 0.717) is 11.4 Å². The predicted molar refractivity (Wildman–Crippen MR) is 92.7 cm³/mol. The van der Waals surface area contributed by atoms with Gasteiger partial charge in [0, 0.05) is 17.2 Å². The van der Waals surface area contributed by atoms with Crippen LogP contribution >= 0.6 is 0 Å². The molecule has 0 aliphatic heterocycles. The van der Waals surface area contributed by atoms with Crippen molar-refractivity contribution in [3.8, 4) is 11.4 Å². The lowest BCUT2D eigenvalue weighted by atomic mass is 9.78. The Morgan fingerprint density at radius 3 is 2.88 bits per heavy atom. The Labute approximate surface area is 149 Å². The van der Waals surface area contributed by atoms with Crippen LogP contribution in [0.3, 0.4) is 0 Å². The highest BCUT2D eigenvalue weighted by atomic mass is 19.1. The smallest absolute Gasteiger partial charge is 0.239 e. The molecule has 2 atom stereocenters. The Bertz CT molecular complexity index is 945. The second kappa shape index (κ2) is 6.36. The van der Waals surface area contributed by atoms with Crippen LogP contribution in [0.4, 0.5) is 4.39 Å². The van der Waals surface area contributed by atoms with E-state index in [1.165, 1.54) is 17.7 Å². The fourth-order valence-corrected chi connectivity index (χ4v) is 3.65. The van der Waals surface area contributed by atoms with Gasteiger partial charge in [-0.05, 0) is 48.6 Å². The second-order valence-electron chi connectivity index (χ2n) is 6.66. The number of rotatable bonds is 4. The van der Waals surface area contributed by atoms with Gasteiger partial charge >= 0.3 is 0 Å². The number of nitrogens with zero attached hydrogens (tertiary/aromatic N) is 4. The second-order valence-corrected chi connectivity index (χ2v) is 6.66. The molecule has 1 aliphatic rings. The number of aryl methyl sites for hydroxylation is 1. The van der Waals surface area contributed by atoms with E-state index in [0.717, 1.165) is 24.4 Å². The van der Waals surface area contributed by atoms with Gasteiger partial charge in [0.15, 0.2) is 5.82 Å². The summed E-state index contributed by atoms with van der Waals surface area (Å²) < 4.78 is 14.8. The number of hydrogen-bond acceptors (Lipinski definition) is 4. The first-order valence-corrected chi connectivity index (χ1v) is 8.54. The monoisotopic (exact) mass is 354 g/mol. The van der Waals surface area contributed by atoms with Gasteiger partial charge in [0.05, 0.1) is 6.20 Å². The number of amides is 1. The zero-order valence-corrected chi connectivity index (χ0v) is 14.3. The van der Waals surface area contributed by atoms with Crippen LogP contribution in [0.1, 0.15) is 42.3 Å². The molecule has 0 bridgehead atoms. The number of nitrogens with one attached hydrogen (secondary N) is 1. The summed E-state index contributed by atoms with van der Waals surface area (Å²) in [6.07, 6.45) is 3.58. The highest BCUT2D eigenvalue weighted by molar-refractivity contribution is 5.73. The number of nitrogens with two attached hydrogens (primary N) is 1. The molecule has 1 amide bonds. The third kappa shape index (κ3) is 2.87. The van der Waals surface area contributed by atoms with Gasteiger partial charge in [-0.1, -0.05) is 6.92 Å². The number of H-pyrrole nitrogens is 1. The van der Waals surface area contributed by atoms with Crippen LogP contribution in [0.15, 0.2) is 30.5 Å². The average molecular weight is 354 g/mol. The Morgan fingerprint density at radius 2 is 2.15 bits per heavy atom. The highest BCUT2D eigenvalue weighted by Gasteiger charge is 2.33. The highest BCUT2D eigenvalue weighted by Crippen LogP contribution is 2.41. The first kappa shape index (κ1) is 16.4. The Morgan fingerprint density at radius 1 is 1.38 bits per heavy atom. The fraction of sp³-hybridized carbons (Fsp3) is 0.333. The Balaban J connectivity index is 1.75. The van der Waals surface area contributed by atoms with Crippen LogP contribution in [-0.2, 0) is 17.8 Å². The summed E-state index contributed by atoms with van der Waals surface area (Å²) in [5.74, 6) is 0.678. The number of primary amides is 1. The van der Waals surface area contributed by atoms with Crippen molar-refractivity contribution in [3.63, 3.8) is 0 Å². The predicted octanol–water partition coefficient (Wildman–Crippen LogP) is 2.13. The van der Waals surface area contributed by atoms with Gasteiger partial charge in [-0.25, -0.2) is 14.1 Å². The number of fused-ring (bicyclic) bond motifs is 1. The summed E-state index contributed by atoms with van der Waals surface area (Å²) in [5, 5.41) is 11.6. The fourth-order valence-electron chi connectivity index (χ4n) is 3.65. The van der Waals surface area contributed by atoms with E-state index in [4.69, 9.17) is 5.73 Å². The number of carbonyl (C=O) groups is 1. The van der Waals surface area contributed by atoms with E-state index in [1.807, 2.05) is 6.20 Å². The first-order chi connectivity index (χ1) is 12.5. The minimum Gasteiger partial charge on any atom is -0.368 e. The average Bonchev–Trinajstić information content (AvgIpc) is 3.23. The number of benzene rings is 1. The van der Waals surface area contributed by atoms with Gasteiger partial charge in [-0.3, -0.25) is 9.89 Å². The standard InChI is InChI=1S/C18H19FN6O/c1-10-13(6-7-15-14(10)8-21-23-15)18-22-17(24-25(18)9-16(20)26)11-2-4-12(19)5-3-11/h2-5,8,10,13H,6-7,9H2,1H3,(H2,20,26)(H,21,23). The molecule has 8 heteroatoms. The molecule has 0 saturated carbocycles. The zero-order chi connectivity index (χ0) is 18.3. The molecule has 0 spiro atoms. The van der Waals surface area contributed by atoms with E-state index >= 15 is 0 Å². The van der Waals surface area contributed by atoms with Crippen molar-refractivity contribution in [1.82, 2.24) is 25.0 Å². The molecule has 0 radical (unpaired) electrons. The summed E-state index contributed by atoms with van der Waals surface area (Å²) in [6.45, 7) is 2.09. The number of aromatic nitrogens is 5. The van der Waals surface area contributed by atoms with Crippen LogP contribution in [0.5, 0.6) is 0 Å². The van der Waals surface area contributed by atoms with Crippen molar-refractivity contribution in [1.29, 1.82) is 0 Å². The van der Waals surface area contributed by atoms with E-state index in [2.05, 4.69) is 27.2 Å². The van der Waals surface area contributed by atoms with Crippen molar-refractivity contribution >= 4 is 5.91 Å². The number of carbonyl (C=O) groups excluding carboxylic acids is 1. The lowest BCUT2D eigenvalue weighted by Gasteiger charge is -2.27. The normalized spacial score (nSPS) is 19.3.